The molecule has 1 heterocycles. The standard InChI is InChI=1S/C12H16FNO2/c13-11-7-9(8-14)1-2-12(11)16-10-3-5-15-6-4-10/h1-2,7,10H,3-6,8,14H2. The number of halogens is 1. The summed E-state index contributed by atoms with van der Waals surface area (Å²) >= 11 is 0. The number of hydrogen-bond donors (Lipinski definition) is 1. The minimum atomic E-state index is -0.338. The summed E-state index contributed by atoms with van der Waals surface area (Å²) in [6, 6.07) is 4.86. The van der Waals surface area contributed by atoms with Crippen LogP contribution in [0.1, 0.15) is 18.4 Å². The number of benzene rings is 1. The van der Waals surface area contributed by atoms with Gasteiger partial charge in [-0.15, -0.1) is 0 Å². The van der Waals surface area contributed by atoms with Crippen LogP contribution in [0, 0.1) is 5.82 Å². The molecule has 3 nitrogen and oxygen atoms in total. The molecule has 2 N–H and O–H groups in total. The molecule has 1 fully saturated rings. The lowest BCUT2D eigenvalue weighted by molar-refractivity contribution is 0.0240. The first-order chi connectivity index (χ1) is 7.79. The summed E-state index contributed by atoms with van der Waals surface area (Å²) in [6.07, 6.45) is 1.70. The minimum absolute atomic E-state index is 0.0620. The van der Waals surface area contributed by atoms with Gasteiger partial charge in [0.1, 0.15) is 6.10 Å². The molecule has 4 heteroatoms. The number of hydrogen-bond acceptors (Lipinski definition) is 3. The third-order valence-corrected chi connectivity index (χ3v) is 2.69. The van der Waals surface area contributed by atoms with E-state index in [-0.39, 0.29) is 11.9 Å². The lowest BCUT2D eigenvalue weighted by atomic mass is 10.1. The van der Waals surface area contributed by atoms with Crippen molar-refractivity contribution in [3.63, 3.8) is 0 Å². The topological polar surface area (TPSA) is 44.5 Å². The fourth-order valence-electron chi connectivity index (χ4n) is 1.74. The van der Waals surface area contributed by atoms with Crippen LogP contribution in [0.3, 0.4) is 0 Å². The Bertz CT molecular complexity index is 351. The fourth-order valence-corrected chi connectivity index (χ4v) is 1.74. The summed E-state index contributed by atoms with van der Waals surface area (Å²) in [5.41, 5.74) is 6.20. The Hall–Kier alpha value is -1.13. The molecule has 0 atom stereocenters. The van der Waals surface area contributed by atoms with Gasteiger partial charge in [-0.05, 0) is 17.7 Å². The Balaban J connectivity index is 2.03. The van der Waals surface area contributed by atoms with Crippen LogP contribution in [0.4, 0.5) is 4.39 Å². The summed E-state index contributed by atoms with van der Waals surface area (Å²) in [5, 5.41) is 0. The first-order valence-electron chi connectivity index (χ1n) is 5.52. The van der Waals surface area contributed by atoms with Gasteiger partial charge >= 0.3 is 0 Å². The van der Waals surface area contributed by atoms with Crippen molar-refractivity contribution in [1.82, 2.24) is 0 Å². The van der Waals surface area contributed by atoms with Gasteiger partial charge in [-0.25, -0.2) is 4.39 Å². The van der Waals surface area contributed by atoms with Crippen LogP contribution in [0.15, 0.2) is 18.2 Å². The maximum atomic E-state index is 13.6. The van der Waals surface area contributed by atoms with E-state index < -0.39 is 0 Å². The minimum Gasteiger partial charge on any atom is -0.487 e. The van der Waals surface area contributed by atoms with Crippen molar-refractivity contribution in [3.8, 4) is 5.75 Å². The molecular weight excluding hydrogens is 209 g/mol. The van der Waals surface area contributed by atoms with Crippen LogP contribution >= 0.6 is 0 Å². The molecule has 2 rings (SSSR count). The van der Waals surface area contributed by atoms with Gasteiger partial charge in [-0.2, -0.15) is 0 Å². The first-order valence-corrected chi connectivity index (χ1v) is 5.52. The van der Waals surface area contributed by atoms with Gasteiger partial charge in [0.05, 0.1) is 13.2 Å². The maximum Gasteiger partial charge on any atom is 0.165 e. The van der Waals surface area contributed by atoms with E-state index in [0.717, 1.165) is 18.4 Å². The third kappa shape index (κ3) is 2.71. The largest absolute Gasteiger partial charge is 0.487 e. The second-order valence-corrected chi connectivity index (χ2v) is 3.90. The monoisotopic (exact) mass is 225 g/mol. The molecule has 0 spiro atoms. The zero-order valence-corrected chi connectivity index (χ0v) is 9.12. The van der Waals surface area contributed by atoms with E-state index in [2.05, 4.69) is 0 Å². The van der Waals surface area contributed by atoms with Gasteiger partial charge in [0.2, 0.25) is 0 Å². The molecule has 0 aromatic heterocycles. The summed E-state index contributed by atoms with van der Waals surface area (Å²) in [4.78, 5) is 0. The zero-order chi connectivity index (χ0) is 11.4. The van der Waals surface area contributed by atoms with E-state index in [1.807, 2.05) is 0 Å². The van der Waals surface area contributed by atoms with Gasteiger partial charge in [0.15, 0.2) is 11.6 Å². The van der Waals surface area contributed by atoms with Crippen molar-refractivity contribution in [2.75, 3.05) is 13.2 Å². The second-order valence-electron chi connectivity index (χ2n) is 3.90. The second kappa shape index (κ2) is 5.27. The SMILES string of the molecule is NCc1ccc(OC2CCOCC2)c(F)c1. The van der Waals surface area contributed by atoms with Crippen LogP contribution < -0.4 is 10.5 Å². The van der Waals surface area contributed by atoms with Crippen molar-refractivity contribution in [3.05, 3.63) is 29.6 Å². The molecule has 16 heavy (non-hydrogen) atoms. The molecule has 0 bridgehead atoms. The highest BCUT2D eigenvalue weighted by atomic mass is 19.1. The zero-order valence-electron chi connectivity index (χ0n) is 9.12. The molecule has 1 aliphatic rings. The van der Waals surface area contributed by atoms with E-state index in [9.17, 15) is 4.39 Å². The predicted octanol–water partition coefficient (Wildman–Crippen LogP) is 1.84. The van der Waals surface area contributed by atoms with Gasteiger partial charge < -0.3 is 15.2 Å². The predicted molar refractivity (Wildman–Crippen MR) is 58.8 cm³/mol. The molecule has 1 aromatic rings. The molecule has 0 amide bonds. The molecule has 88 valence electrons. The fraction of sp³-hybridized carbons (Fsp3) is 0.500. The van der Waals surface area contributed by atoms with Gasteiger partial charge in [-0.3, -0.25) is 0 Å². The molecule has 1 aromatic carbocycles. The van der Waals surface area contributed by atoms with Crippen molar-refractivity contribution < 1.29 is 13.9 Å². The highest BCUT2D eigenvalue weighted by Gasteiger charge is 2.16. The van der Waals surface area contributed by atoms with E-state index in [4.69, 9.17) is 15.2 Å². The van der Waals surface area contributed by atoms with Crippen LogP contribution in [-0.4, -0.2) is 19.3 Å². The number of ether oxygens (including phenoxy) is 2. The van der Waals surface area contributed by atoms with Crippen LogP contribution in [0.2, 0.25) is 0 Å². The maximum absolute atomic E-state index is 13.6. The van der Waals surface area contributed by atoms with Crippen molar-refractivity contribution in [2.24, 2.45) is 5.73 Å². The summed E-state index contributed by atoms with van der Waals surface area (Å²) in [7, 11) is 0. The van der Waals surface area contributed by atoms with Crippen molar-refractivity contribution in [2.45, 2.75) is 25.5 Å². The summed E-state index contributed by atoms with van der Waals surface area (Å²) in [6.45, 7) is 1.72. The average molecular weight is 225 g/mol. The molecular formula is C12H16FNO2. The Morgan fingerprint density at radius 2 is 2.12 bits per heavy atom. The van der Waals surface area contributed by atoms with E-state index >= 15 is 0 Å². The van der Waals surface area contributed by atoms with Crippen molar-refractivity contribution >= 4 is 0 Å². The normalized spacial score (nSPS) is 17.4. The third-order valence-electron chi connectivity index (χ3n) is 2.69. The van der Waals surface area contributed by atoms with Gasteiger partial charge in [-0.1, -0.05) is 6.07 Å². The van der Waals surface area contributed by atoms with E-state index in [1.165, 1.54) is 6.07 Å². The lowest BCUT2D eigenvalue weighted by Gasteiger charge is -2.23. The highest BCUT2D eigenvalue weighted by molar-refractivity contribution is 5.29. The molecule has 0 saturated carbocycles. The smallest absolute Gasteiger partial charge is 0.165 e. The highest BCUT2D eigenvalue weighted by Crippen LogP contribution is 2.22. The molecule has 1 aliphatic heterocycles. The Labute approximate surface area is 94.3 Å². The van der Waals surface area contributed by atoms with Crippen LogP contribution in [-0.2, 0) is 11.3 Å². The van der Waals surface area contributed by atoms with Crippen LogP contribution in [0.5, 0.6) is 5.75 Å². The van der Waals surface area contributed by atoms with E-state index in [0.29, 0.717) is 25.5 Å². The van der Waals surface area contributed by atoms with Crippen LogP contribution in [0.25, 0.3) is 0 Å². The summed E-state index contributed by atoms with van der Waals surface area (Å²) in [5.74, 6) is -0.0291. The number of rotatable bonds is 3. The van der Waals surface area contributed by atoms with Gasteiger partial charge in [0.25, 0.3) is 0 Å². The number of nitrogens with two attached hydrogens (primary N) is 1. The quantitative estimate of drug-likeness (QED) is 0.853. The molecule has 0 unspecified atom stereocenters. The first kappa shape index (κ1) is 11.4. The van der Waals surface area contributed by atoms with Crippen molar-refractivity contribution in [1.29, 1.82) is 0 Å². The average Bonchev–Trinajstić information content (AvgIpc) is 2.33. The Kier molecular flexibility index (Phi) is 3.74. The molecule has 0 radical (unpaired) electrons. The lowest BCUT2D eigenvalue weighted by Crippen LogP contribution is -2.26. The van der Waals surface area contributed by atoms with Gasteiger partial charge in [0, 0.05) is 19.4 Å². The Morgan fingerprint density at radius 3 is 2.75 bits per heavy atom. The van der Waals surface area contributed by atoms with E-state index in [1.54, 1.807) is 12.1 Å². The molecule has 1 saturated heterocycles. The molecule has 0 aliphatic carbocycles. The Morgan fingerprint density at radius 1 is 1.38 bits per heavy atom. The summed E-state index contributed by atoms with van der Waals surface area (Å²) < 4.78 is 24.4.